The normalized spacial score (nSPS) is 12.4. The van der Waals surface area contributed by atoms with Gasteiger partial charge in [0.05, 0.1) is 7.11 Å². The minimum absolute atomic E-state index is 0.672. The van der Waals surface area contributed by atoms with Crippen LogP contribution in [0.1, 0.15) is 38.7 Å². The summed E-state index contributed by atoms with van der Waals surface area (Å²) in [6.45, 7) is 5.54. The van der Waals surface area contributed by atoms with Gasteiger partial charge in [0.1, 0.15) is 5.75 Å². The predicted octanol–water partition coefficient (Wildman–Crippen LogP) is 3.41. The third-order valence-electron chi connectivity index (χ3n) is 3.11. The summed E-state index contributed by atoms with van der Waals surface area (Å²) in [6.07, 6.45) is 4.81. The molecule has 96 valence electrons. The molecule has 0 amide bonds. The molecule has 0 radical (unpaired) electrons. The maximum absolute atomic E-state index is 5.22. The number of rotatable bonds is 8. The average molecular weight is 235 g/mol. The highest BCUT2D eigenvalue weighted by Gasteiger charge is 2.03. The van der Waals surface area contributed by atoms with Gasteiger partial charge in [0, 0.05) is 6.04 Å². The highest BCUT2D eigenvalue weighted by Crippen LogP contribution is 2.12. The topological polar surface area (TPSA) is 21.3 Å². The van der Waals surface area contributed by atoms with Gasteiger partial charge in [-0.3, -0.25) is 0 Å². The van der Waals surface area contributed by atoms with Crippen molar-refractivity contribution in [1.29, 1.82) is 0 Å². The SMILES string of the molecule is CCCC(CC)NCCc1cccc(OC)c1. The van der Waals surface area contributed by atoms with Crippen molar-refractivity contribution in [2.24, 2.45) is 0 Å². The van der Waals surface area contributed by atoms with Gasteiger partial charge in [0.25, 0.3) is 0 Å². The van der Waals surface area contributed by atoms with Crippen LogP contribution in [0, 0.1) is 0 Å². The number of benzene rings is 1. The Morgan fingerprint density at radius 2 is 2.12 bits per heavy atom. The van der Waals surface area contributed by atoms with Crippen molar-refractivity contribution < 1.29 is 4.74 Å². The first-order chi connectivity index (χ1) is 8.30. The third-order valence-corrected chi connectivity index (χ3v) is 3.11. The van der Waals surface area contributed by atoms with Crippen molar-refractivity contribution in [2.75, 3.05) is 13.7 Å². The Labute approximate surface area is 105 Å². The van der Waals surface area contributed by atoms with Crippen molar-refractivity contribution in [2.45, 2.75) is 45.6 Å². The zero-order valence-corrected chi connectivity index (χ0v) is 11.3. The standard InChI is InChI=1S/C15H25NO/c1-4-7-14(5-2)16-11-10-13-8-6-9-15(12-13)17-3/h6,8-9,12,14,16H,4-5,7,10-11H2,1-3H3. The van der Waals surface area contributed by atoms with Crippen molar-refractivity contribution in [3.63, 3.8) is 0 Å². The quantitative estimate of drug-likeness (QED) is 0.745. The summed E-state index contributed by atoms with van der Waals surface area (Å²) in [4.78, 5) is 0. The van der Waals surface area contributed by atoms with Gasteiger partial charge >= 0.3 is 0 Å². The van der Waals surface area contributed by atoms with Gasteiger partial charge in [-0.1, -0.05) is 32.4 Å². The lowest BCUT2D eigenvalue weighted by atomic mass is 10.1. The molecule has 1 atom stereocenters. The van der Waals surface area contributed by atoms with Gasteiger partial charge in [-0.15, -0.1) is 0 Å². The van der Waals surface area contributed by atoms with Crippen molar-refractivity contribution >= 4 is 0 Å². The van der Waals surface area contributed by atoms with E-state index >= 15 is 0 Å². The molecule has 0 aromatic heterocycles. The lowest BCUT2D eigenvalue weighted by Crippen LogP contribution is -2.30. The van der Waals surface area contributed by atoms with Gasteiger partial charge in [-0.05, 0) is 43.5 Å². The second kappa shape index (κ2) is 8.13. The first-order valence-electron chi connectivity index (χ1n) is 6.66. The molecular formula is C15H25NO. The van der Waals surface area contributed by atoms with E-state index < -0.39 is 0 Å². The molecule has 0 spiro atoms. The zero-order valence-electron chi connectivity index (χ0n) is 11.3. The van der Waals surface area contributed by atoms with Crippen LogP contribution in [0.15, 0.2) is 24.3 Å². The summed E-state index contributed by atoms with van der Waals surface area (Å²) in [5.41, 5.74) is 1.34. The zero-order chi connectivity index (χ0) is 12.5. The second-order valence-electron chi connectivity index (χ2n) is 4.45. The Kier molecular flexibility index (Phi) is 6.71. The molecular weight excluding hydrogens is 210 g/mol. The first-order valence-corrected chi connectivity index (χ1v) is 6.66. The molecule has 0 saturated heterocycles. The molecule has 0 bridgehead atoms. The number of nitrogens with one attached hydrogen (secondary N) is 1. The molecule has 0 heterocycles. The van der Waals surface area contributed by atoms with Crippen LogP contribution in [0.2, 0.25) is 0 Å². The Bertz CT molecular complexity index is 312. The summed E-state index contributed by atoms with van der Waals surface area (Å²) in [7, 11) is 1.71. The lowest BCUT2D eigenvalue weighted by molar-refractivity contribution is 0.414. The van der Waals surface area contributed by atoms with Crippen LogP contribution in [-0.2, 0) is 6.42 Å². The Morgan fingerprint density at radius 1 is 1.29 bits per heavy atom. The number of ether oxygens (including phenoxy) is 1. The van der Waals surface area contributed by atoms with Crippen molar-refractivity contribution in [3.8, 4) is 5.75 Å². The fourth-order valence-corrected chi connectivity index (χ4v) is 2.05. The Balaban J connectivity index is 2.34. The van der Waals surface area contributed by atoms with E-state index in [-0.39, 0.29) is 0 Å². The molecule has 1 rings (SSSR count). The highest BCUT2D eigenvalue weighted by atomic mass is 16.5. The minimum atomic E-state index is 0.672. The minimum Gasteiger partial charge on any atom is -0.497 e. The number of hydrogen-bond donors (Lipinski definition) is 1. The molecule has 0 aliphatic heterocycles. The Morgan fingerprint density at radius 3 is 2.76 bits per heavy atom. The van der Waals surface area contributed by atoms with E-state index in [0.29, 0.717) is 6.04 Å². The molecule has 0 aliphatic carbocycles. The largest absolute Gasteiger partial charge is 0.497 e. The summed E-state index contributed by atoms with van der Waals surface area (Å²) in [5, 5.41) is 3.62. The van der Waals surface area contributed by atoms with Crippen LogP contribution < -0.4 is 10.1 Å². The van der Waals surface area contributed by atoms with Crippen LogP contribution in [0.25, 0.3) is 0 Å². The smallest absolute Gasteiger partial charge is 0.119 e. The van der Waals surface area contributed by atoms with Crippen LogP contribution in [0.3, 0.4) is 0 Å². The van der Waals surface area contributed by atoms with Gasteiger partial charge in [-0.25, -0.2) is 0 Å². The Hall–Kier alpha value is -1.02. The summed E-state index contributed by atoms with van der Waals surface area (Å²) in [5.74, 6) is 0.947. The maximum Gasteiger partial charge on any atom is 0.119 e. The highest BCUT2D eigenvalue weighted by molar-refractivity contribution is 5.28. The summed E-state index contributed by atoms with van der Waals surface area (Å²) in [6, 6.07) is 8.99. The molecule has 2 heteroatoms. The number of hydrogen-bond acceptors (Lipinski definition) is 2. The van der Waals surface area contributed by atoms with Gasteiger partial charge in [0.2, 0.25) is 0 Å². The van der Waals surface area contributed by atoms with Gasteiger partial charge < -0.3 is 10.1 Å². The first kappa shape index (κ1) is 14.0. The molecule has 0 aliphatic rings. The molecule has 1 N–H and O–H groups in total. The van der Waals surface area contributed by atoms with E-state index in [1.807, 2.05) is 6.07 Å². The fraction of sp³-hybridized carbons (Fsp3) is 0.600. The molecule has 1 aromatic rings. The average Bonchev–Trinajstić information content (AvgIpc) is 2.38. The van der Waals surface area contributed by atoms with E-state index in [1.54, 1.807) is 7.11 Å². The molecule has 0 fully saturated rings. The third kappa shape index (κ3) is 5.22. The van der Waals surface area contributed by atoms with Crippen molar-refractivity contribution in [1.82, 2.24) is 5.32 Å². The predicted molar refractivity (Wildman–Crippen MR) is 73.7 cm³/mol. The van der Waals surface area contributed by atoms with Crippen LogP contribution in [0.4, 0.5) is 0 Å². The van der Waals surface area contributed by atoms with E-state index in [4.69, 9.17) is 4.74 Å². The molecule has 1 unspecified atom stereocenters. The molecule has 17 heavy (non-hydrogen) atoms. The summed E-state index contributed by atoms with van der Waals surface area (Å²) >= 11 is 0. The van der Waals surface area contributed by atoms with Gasteiger partial charge in [-0.2, -0.15) is 0 Å². The van der Waals surface area contributed by atoms with E-state index in [9.17, 15) is 0 Å². The number of methoxy groups -OCH3 is 1. The van der Waals surface area contributed by atoms with E-state index in [1.165, 1.54) is 24.8 Å². The molecule has 0 saturated carbocycles. The molecule has 1 aromatic carbocycles. The summed E-state index contributed by atoms with van der Waals surface area (Å²) < 4.78 is 5.22. The second-order valence-corrected chi connectivity index (χ2v) is 4.45. The molecule has 2 nitrogen and oxygen atoms in total. The fourth-order valence-electron chi connectivity index (χ4n) is 2.05. The van der Waals surface area contributed by atoms with Crippen molar-refractivity contribution in [3.05, 3.63) is 29.8 Å². The van der Waals surface area contributed by atoms with Crippen LogP contribution in [0.5, 0.6) is 5.75 Å². The van der Waals surface area contributed by atoms with Crippen LogP contribution in [-0.4, -0.2) is 19.7 Å². The van der Waals surface area contributed by atoms with Gasteiger partial charge in [0.15, 0.2) is 0 Å². The van der Waals surface area contributed by atoms with E-state index in [2.05, 4.69) is 37.4 Å². The maximum atomic E-state index is 5.22. The monoisotopic (exact) mass is 235 g/mol. The lowest BCUT2D eigenvalue weighted by Gasteiger charge is -2.15. The van der Waals surface area contributed by atoms with E-state index in [0.717, 1.165) is 18.7 Å². The van der Waals surface area contributed by atoms with Crippen LogP contribution >= 0.6 is 0 Å².